The molecule has 0 radical (unpaired) electrons. The minimum absolute atomic E-state index is 0.342. The molecule has 0 aromatic heterocycles. The molecule has 1 unspecified atom stereocenters. The normalized spacial score (nSPS) is 18.1. The molecule has 17 heavy (non-hydrogen) atoms. The Morgan fingerprint density at radius 2 is 2.00 bits per heavy atom. The highest BCUT2D eigenvalue weighted by molar-refractivity contribution is 9.10. The van der Waals surface area contributed by atoms with Crippen LogP contribution in [0.25, 0.3) is 0 Å². The second-order valence-electron chi connectivity index (χ2n) is 4.92. The van der Waals surface area contributed by atoms with E-state index in [0.717, 1.165) is 29.0 Å². The van der Waals surface area contributed by atoms with Crippen LogP contribution in [0.1, 0.15) is 37.4 Å². The summed E-state index contributed by atoms with van der Waals surface area (Å²) in [5.74, 6) is 0. The lowest BCUT2D eigenvalue weighted by molar-refractivity contribution is 0.112. The molecule has 0 amide bonds. The monoisotopic (exact) mass is 297 g/mol. The predicted octanol–water partition coefficient (Wildman–Crippen LogP) is 3.36. The number of nitrogens with zero attached hydrogens (tertiary/aromatic N) is 1. The summed E-state index contributed by atoms with van der Waals surface area (Å²) in [4.78, 5) is 2.38. The van der Waals surface area contributed by atoms with E-state index in [1.807, 2.05) is 24.3 Å². The molecule has 1 atom stereocenters. The lowest BCUT2D eigenvalue weighted by atomic mass is 9.91. The van der Waals surface area contributed by atoms with Crippen LogP contribution in [0.5, 0.6) is 0 Å². The summed E-state index contributed by atoms with van der Waals surface area (Å²) in [5, 5.41) is 10.1. The largest absolute Gasteiger partial charge is 0.388 e. The average Bonchev–Trinajstić information content (AvgIpc) is 2.24. The van der Waals surface area contributed by atoms with Gasteiger partial charge < -0.3 is 10.0 Å². The SMILES string of the molecule is CN(CCC(O)c1ccc(Br)cc1)C1CCC1. The fourth-order valence-electron chi connectivity index (χ4n) is 2.19. The summed E-state index contributed by atoms with van der Waals surface area (Å²) >= 11 is 3.40. The van der Waals surface area contributed by atoms with Gasteiger partial charge in [0.05, 0.1) is 6.10 Å². The van der Waals surface area contributed by atoms with Crippen LogP contribution in [-0.4, -0.2) is 29.6 Å². The van der Waals surface area contributed by atoms with E-state index in [1.165, 1.54) is 19.3 Å². The molecule has 1 N–H and O–H groups in total. The smallest absolute Gasteiger partial charge is 0.0802 e. The fraction of sp³-hybridized carbons (Fsp3) is 0.571. The second-order valence-corrected chi connectivity index (χ2v) is 5.84. The third-order valence-electron chi connectivity index (χ3n) is 3.71. The number of hydrogen-bond acceptors (Lipinski definition) is 2. The topological polar surface area (TPSA) is 23.5 Å². The molecule has 1 aromatic rings. The Hall–Kier alpha value is -0.380. The molecule has 1 aliphatic rings. The van der Waals surface area contributed by atoms with E-state index in [4.69, 9.17) is 0 Å². The Labute approximate surface area is 112 Å². The lowest BCUT2D eigenvalue weighted by Gasteiger charge is -2.35. The molecular weight excluding hydrogens is 278 g/mol. The first kappa shape index (κ1) is 13.1. The van der Waals surface area contributed by atoms with E-state index in [1.54, 1.807) is 0 Å². The van der Waals surface area contributed by atoms with E-state index in [0.29, 0.717) is 0 Å². The molecule has 0 spiro atoms. The van der Waals surface area contributed by atoms with E-state index in [-0.39, 0.29) is 6.10 Å². The number of hydrogen-bond donors (Lipinski definition) is 1. The van der Waals surface area contributed by atoms with Gasteiger partial charge in [0.1, 0.15) is 0 Å². The van der Waals surface area contributed by atoms with Gasteiger partial charge in [0.15, 0.2) is 0 Å². The van der Waals surface area contributed by atoms with Gasteiger partial charge in [-0.25, -0.2) is 0 Å². The number of aliphatic hydroxyl groups is 1. The molecule has 2 rings (SSSR count). The van der Waals surface area contributed by atoms with Crippen molar-refractivity contribution in [3.05, 3.63) is 34.3 Å². The van der Waals surface area contributed by atoms with Crippen molar-refractivity contribution in [1.29, 1.82) is 0 Å². The minimum Gasteiger partial charge on any atom is -0.388 e. The van der Waals surface area contributed by atoms with Crippen molar-refractivity contribution in [2.75, 3.05) is 13.6 Å². The van der Waals surface area contributed by atoms with Gasteiger partial charge in [0.25, 0.3) is 0 Å². The second kappa shape index (κ2) is 5.98. The van der Waals surface area contributed by atoms with Crippen LogP contribution >= 0.6 is 15.9 Å². The van der Waals surface area contributed by atoms with Gasteiger partial charge in [-0.2, -0.15) is 0 Å². The van der Waals surface area contributed by atoms with Crippen LogP contribution in [0.3, 0.4) is 0 Å². The Kier molecular flexibility index (Phi) is 4.60. The van der Waals surface area contributed by atoms with Crippen LogP contribution in [-0.2, 0) is 0 Å². The lowest BCUT2D eigenvalue weighted by Crippen LogP contribution is -2.38. The van der Waals surface area contributed by atoms with Crippen molar-refractivity contribution >= 4 is 15.9 Å². The van der Waals surface area contributed by atoms with Gasteiger partial charge in [0, 0.05) is 17.1 Å². The van der Waals surface area contributed by atoms with Crippen molar-refractivity contribution in [2.45, 2.75) is 37.8 Å². The number of benzene rings is 1. The van der Waals surface area contributed by atoms with Crippen LogP contribution in [0.4, 0.5) is 0 Å². The molecule has 1 aromatic carbocycles. The van der Waals surface area contributed by atoms with Crippen LogP contribution < -0.4 is 0 Å². The molecule has 1 saturated carbocycles. The van der Waals surface area contributed by atoms with E-state index < -0.39 is 0 Å². The Morgan fingerprint density at radius 1 is 1.35 bits per heavy atom. The maximum absolute atomic E-state index is 10.1. The summed E-state index contributed by atoms with van der Waals surface area (Å²) in [7, 11) is 2.16. The van der Waals surface area contributed by atoms with Crippen LogP contribution in [0, 0.1) is 0 Å². The summed E-state index contributed by atoms with van der Waals surface area (Å²) in [5.41, 5.74) is 1.01. The van der Waals surface area contributed by atoms with Gasteiger partial charge in [-0.15, -0.1) is 0 Å². The molecule has 94 valence electrons. The van der Waals surface area contributed by atoms with Crippen molar-refractivity contribution in [3.63, 3.8) is 0 Å². The molecule has 0 saturated heterocycles. The van der Waals surface area contributed by atoms with Crippen molar-refractivity contribution in [2.24, 2.45) is 0 Å². The zero-order valence-electron chi connectivity index (χ0n) is 10.3. The average molecular weight is 298 g/mol. The van der Waals surface area contributed by atoms with Crippen molar-refractivity contribution < 1.29 is 5.11 Å². The third kappa shape index (κ3) is 3.54. The molecule has 0 bridgehead atoms. The minimum atomic E-state index is -0.342. The highest BCUT2D eigenvalue weighted by atomic mass is 79.9. The first-order valence-electron chi connectivity index (χ1n) is 6.30. The molecule has 2 nitrogen and oxygen atoms in total. The van der Waals surface area contributed by atoms with Gasteiger partial charge >= 0.3 is 0 Å². The number of halogens is 1. The van der Waals surface area contributed by atoms with Gasteiger partial charge in [-0.05, 0) is 44.0 Å². The molecule has 1 fully saturated rings. The Morgan fingerprint density at radius 3 is 2.53 bits per heavy atom. The molecule has 0 aliphatic heterocycles. The standard InChI is InChI=1S/C14H20BrNO/c1-16(13-3-2-4-13)10-9-14(17)11-5-7-12(15)8-6-11/h5-8,13-14,17H,2-4,9-10H2,1H3. The van der Waals surface area contributed by atoms with Crippen LogP contribution in [0.15, 0.2) is 28.7 Å². The predicted molar refractivity (Wildman–Crippen MR) is 74.0 cm³/mol. The quantitative estimate of drug-likeness (QED) is 0.901. The summed E-state index contributed by atoms with van der Waals surface area (Å²) < 4.78 is 1.06. The highest BCUT2D eigenvalue weighted by Gasteiger charge is 2.22. The van der Waals surface area contributed by atoms with Gasteiger partial charge in [-0.3, -0.25) is 0 Å². The maximum atomic E-state index is 10.1. The first-order valence-corrected chi connectivity index (χ1v) is 7.10. The Balaban J connectivity index is 1.80. The zero-order chi connectivity index (χ0) is 12.3. The van der Waals surface area contributed by atoms with Crippen molar-refractivity contribution in [1.82, 2.24) is 4.90 Å². The first-order chi connectivity index (χ1) is 8.16. The number of rotatable bonds is 5. The van der Waals surface area contributed by atoms with E-state index >= 15 is 0 Å². The fourth-order valence-corrected chi connectivity index (χ4v) is 2.45. The van der Waals surface area contributed by atoms with E-state index in [9.17, 15) is 5.11 Å². The maximum Gasteiger partial charge on any atom is 0.0802 e. The summed E-state index contributed by atoms with van der Waals surface area (Å²) in [6.07, 6.45) is 4.49. The third-order valence-corrected chi connectivity index (χ3v) is 4.24. The van der Waals surface area contributed by atoms with Crippen molar-refractivity contribution in [3.8, 4) is 0 Å². The molecule has 3 heteroatoms. The van der Waals surface area contributed by atoms with Gasteiger partial charge in [-0.1, -0.05) is 34.5 Å². The Bertz CT molecular complexity index is 348. The summed E-state index contributed by atoms with van der Waals surface area (Å²) in [6.45, 7) is 0.974. The molecule has 1 aliphatic carbocycles. The van der Waals surface area contributed by atoms with Crippen LogP contribution in [0.2, 0.25) is 0 Å². The highest BCUT2D eigenvalue weighted by Crippen LogP contribution is 2.25. The summed E-state index contributed by atoms with van der Waals surface area (Å²) in [6, 6.07) is 8.69. The number of aliphatic hydroxyl groups excluding tert-OH is 1. The van der Waals surface area contributed by atoms with Gasteiger partial charge in [0.2, 0.25) is 0 Å². The molecule has 0 heterocycles. The zero-order valence-corrected chi connectivity index (χ0v) is 11.9. The van der Waals surface area contributed by atoms with E-state index in [2.05, 4.69) is 27.9 Å². The molecular formula is C14H20BrNO.